The molecule has 0 saturated heterocycles. The SMILES string of the molecule is CCCCCCCC/C=C\CCCCCCCCC(CCCCCCCC/C=C\CCCCCCCC)N(CCO)CCO. The highest BCUT2D eigenvalue weighted by Crippen LogP contribution is 2.19. The van der Waals surface area contributed by atoms with Gasteiger partial charge < -0.3 is 10.2 Å². The standard InChI is InChI=1S/C41H81NO2/c1-3-5-7-9-11-13-15-17-19-21-23-25-27-29-31-33-35-41(42(37-39-43)38-40-44)36-34-32-30-28-26-24-22-20-18-16-14-12-10-8-6-4-2/h17-20,41,43-44H,3-16,21-40H2,1-2H3/b19-17-,20-18-. The Balaban J connectivity index is 3.88. The normalized spacial score (nSPS) is 12.2. The summed E-state index contributed by atoms with van der Waals surface area (Å²) in [6.07, 6.45) is 49.9. The zero-order valence-corrected chi connectivity index (χ0v) is 30.3. The van der Waals surface area contributed by atoms with E-state index in [2.05, 4.69) is 43.1 Å². The monoisotopic (exact) mass is 620 g/mol. The molecule has 0 aliphatic rings. The van der Waals surface area contributed by atoms with Crippen LogP contribution in [0.15, 0.2) is 24.3 Å². The van der Waals surface area contributed by atoms with E-state index in [-0.39, 0.29) is 13.2 Å². The van der Waals surface area contributed by atoms with Crippen LogP contribution in [0.5, 0.6) is 0 Å². The third-order valence-electron chi connectivity index (χ3n) is 9.39. The highest BCUT2D eigenvalue weighted by molar-refractivity contribution is 4.82. The zero-order valence-electron chi connectivity index (χ0n) is 30.3. The van der Waals surface area contributed by atoms with Crippen molar-refractivity contribution < 1.29 is 10.2 Å². The highest BCUT2D eigenvalue weighted by atomic mass is 16.3. The third kappa shape index (κ3) is 32.7. The van der Waals surface area contributed by atoms with Crippen LogP contribution in [0.25, 0.3) is 0 Å². The quantitative estimate of drug-likeness (QED) is 0.0537. The lowest BCUT2D eigenvalue weighted by Gasteiger charge is -2.31. The van der Waals surface area contributed by atoms with E-state index in [9.17, 15) is 10.2 Å². The van der Waals surface area contributed by atoms with Crippen LogP contribution in [0.4, 0.5) is 0 Å². The molecule has 3 nitrogen and oxygen atoms in total. The maximum atomic E-state index is 9.60. The predicted molar refractivity (Wildman–Crippen MR) is 198 cm³/mol. The summed E-state index contributed by atoms with van der Waals surface area (Å²) in [5.41, 5.74) is 0. The lowest BCUT2D eigenvalue weighted by molar-refractivity contribution is 0.109. The second-order valence-corrected chi connectivity index (χ2v) is 13.6. The second-order valence-electron chi connectivity index (χ2n) is 13.6. The molecule has 262 valence electrons. The summed E-state index contributed by atoms with van der Waals surface area (Å²) in [7, 11) is 0. The summed E-state index contributed by atoms with van der Waals surface area (Å²) in [5.74, 6) is 0. The molecule has 0 heterocycles. The van der Waals surface area contributed by atoms with Crippen LogP contribution >= 0.6 is 0 Å². The van der Waals surface area contributed by atoms with Crippen molar-refractivity contribution >= 4 is 0 Å². The Morgan fingerprint density at radius 1 is 0.386 bits per heavy atom. The fourth-order valence-corrected chi connectivity index (χ4v) is 6.50. The van der Waals surface area contributed by atoms with Gasteiger partial charge in [0.2, 0.25) is 0 Å². The molecule has 2 N–H and O–H groups in total. The largest absolute Gasteiger partial charge is 0.395 e. The van der Waals surface area contributed by atoms with Gasteiger partial charge in [0.1, 0.15) is 0 Å². The van der Waals surface area contributed by atoms with Gasteiger partial charge in [-0.1, -0.05) is 167 Å². The van der Waals surface area contributed by atoms with Gasteiger partial charge in [-0.15, -0.1) is 0 Å². The zero-order chi connectivity index (χ0) is 32.0. The molecule has 44 heavy (non-hydrogen) atoms. The van der Waals surface area contributed by atoms with E-state index in [1.54, 1.807) is 0 Å². The number of aliphatic hydroxyl groups is 2. The van der Waals surface area contributed by atoms with Crippen LogP contribution in [0.3, 0.4) is 0 Å². The van der Waals surface area contributed by atoms with E-state index >= 15 is 0 Å². The smallest absolute Gasteiger partial charge is 0.0558 e. The predicted octanol–water partition coefficient (Wildman–Crippen LogP) is 12.5. The summed E-state index contributed by atoms with van der Waals surface area (Å²) in [6.45, 7) is 6.35. The van der Waals surface area contributed by atoms with Crippen LogP contribution in [0.1, 0.15) is 206 Å². The number of aliphatic hydroxyl groups excluding tert-OH is 2. The lowest BCUT2D eigenvalue weighted by Crippen LogP contribution is -2.39. The van der Waals surface area contributed by atoms with Crippen molar-refractivity contribution in [3.8, 4) is 0 Å². The van der Waals surface area contributed by atoms with E-state index in [0.717, 1.165) is 0 Å². The Hall–Kier alpha value is -0.640. The average Bonchev–Trinajstić information content (AvgIpc) is 3.03. The number of nitrogens with zero attached hydrogens (tertiary/aromatic N) is 1. The molecule has 0 rings (SSSR count). The Kier molecular flexibility index (Phi) is 38.0. The van der Waals surface area contributed by atoms with Gasteiger partial charge >= 0.3 is 0 Å². The highest BCUT2D eigenvalue weighted by Gasteiger charge is 2.17. The summed E-state index contributed by atoms with van der Waals surface area (Å²) in [4.78, 5) is 2.36. The first-order valence-corrected chi connectivity index (χ1v) is 20.1. The van der Waals surface area contributed by atoms with Crippen LogP contribution in [0.2, 0.25) is 0 Å². The number of rotatable bonds is 37. The molecule has 0 atom stereocenters. The number of hydrogen-bond donors (Lipinski definition) is 2. The van der Waals surface area contributed by atoms with E-state index in [0.29, 0.717) is 19.1 Å². The summed E-state index contributed by atoms with van der Waals surface area (Å²) in [5, 5.41) is 19.2. The van der Waals surface area contributed by atoms with Gasteiger partial charge in [-0.3, -0.25) is 4.90 Å². The molecular weight excluding hydrogens is 538 g/mol. The van der Waals surface area contributed by atoms with E-state index in [1.807, 2.05) is 0 Å². The van der Waals surface area contributed by atoms with Gasteiger partial charge in [-0.25, -0.2) is 0 Å². The van der Waals surface area contributed by atoms with Gasteiger partial charge in [0.25, 0.3) is 0 Å². The molecule has 0 aromatic rings. The maximum absolute atomic E-state index is 9.60. The Bertz CT molecular complexity index is 527. The Labute approximate surface area is 277 Å². The first kappa shape index (κ1) is 43.4. The molecule has 0 aromatic heterocycles. The van der Waals surface area contributed by atoms with Crippen molar-refractivity contribution in [1.29, 1.82) is 0 Å². The topological polar surface area (TPSA) is 43.7 Å². The molecule has 0 aliphatic heterocycles. The van der Waals surface area contributed by atoms with Gasteiger partial charge in [-0.05, 0) is 64.2 Å². The van der Waals surface area contributed by atoms with E-state index < -0.39 is 0 Å². The summed E-state index contributed by atoms with van der Waals surface area (Å²) < 4.78 is 0. The molecule has 3 heteroatoms. The minimum absolute atomic E-state index is 0.192. The maximum Gasteiger partial charge on any atom is 0.0558 e. The van der Waals surface area contributed by atoms with Crippen LogP contribution in [0, 0.1) is 0 Å². The third-order valence-corrected chi connectivity index (χ3v) is 9.39. The minimum Gasteiger partial charge on any atom is -0.395 e. The first-order chi connectivity index (χ1) is 21.8. The molecule has 0 bridgehead atoms. The fraction of sp³-hybridized carbons (Fsp3) is 0.902. The minimum atomic E-state index is 0.192. The van der Waals surface area contributed by atoms with E-state index in [1.165, 1.54) is 193 Å². The summed E-state index contributed by atoms with van der Waals surface area (Å²) in [6, 6.07) is 0.517. The number of unbranched alkanes of at least 4 members (excludes halogenated alkanes) is 24. The molecule has 0 aliphatic carbocycles. The number of hydrogen-bond acceptors (Lipinski definition) is 3. The van der Waals surface area contributed by atoms with Crippen LogP contribution in [-0.4, -0.2) is 47.5 Å². The Morgan fingerprint density at radius 2 is 0.659 bits per heavy atom. The average molecular weight is 620 g/mol. The number of allylic oxidation sites excluding steroid dienone is 4. The van der Waals surface area contributed by atoms with Crippen molar-refractivity contribution in [2.45, 2.75) is 213 Å². The summed E-state index contributed by atoms with van der Waals surface area (Å²) >= 11 is 0. The van der Waals surface area contributed by atoms with Crippen molar-refractivity contribution in [1.82, 2.24) is 4.90 Å². The van der Waals surface area contributed by atoms with Gasteiger partial charge in [0, 0.05) is 19.1 Å². The van der Waals surface area contributed by atoms with Crippen molar-refractivity contribution in [3.63, 3.8) is 0 Å². The molecule has 0 amide bonds. The first-order valence-electron chi connectivity index (χ1n) is 20.1. The molecule has 0 saturated carbocycles. The van der Waals surface area contributed by atoms with E-state index in [4.69, 9.17) is 0 Å². The Morgan fingerprint density at radius 3 is 0.955 bits per heavy atom. The van der Waals surface area contributed by atoms with Crippen molar-refractivity contribution in [2.24, 2.45) is 0 Å². The fourth-order valence-electron chi connectivity index (χ4n) is 6.50. The van der Waals surface area contributed by atoms with Crippen LogP contribution < -0.4 is 0 Å². The second kappa shape index (κ2) is 38.5. The molecular formula is C41H81NO2. The molecule has 0 radical (unpaired) electrons. The lowest BCUT2D eigenvalue weighted by atomic mass is 9.98. The molecule has 0 fully saturated rings. The van der Waals surface area contributed by atoms with Gasteiger partial charge in [0.05, 0.1) is 13.2 Å². The van der Waals surface area contributed by atoms with Gasteiger partial charge in [0.15, 0.2) is 0 Å². The van der Waals surface area contributed by atoms with Crippen molar-refractivity contribution in [2.75, 3.05) is 26.3 Å². The molecule has 0 aromatic carbocycles. The molecule has 0 spiro atoms. The van der Waals surface area contributed by atoms with Crippen LogP contribution in [-0.2, 0) is 0 Å². The van der Waals surface area contributed by atoms with Crippen molar-refractivity contribution in [3.05, 3.63) is 24.3 Å². The van der Waals surface area contributed by atoms with Gasteiger partial charge in [-0.2, -0.15) is 0 Å². The molecule has 0 unspecified atom stereocenters.